The molecule has 2 rings (SSSR count). The number of amides is 1. The number of ether oxygens (including phenoxy) is 1. The van der Waals surface area contributed by atoms with Crippen molar-refractivity contribution < 1.29 is 9.53 Å². The average Bonchev–Trinajstić information content (AvgIpc) is 2.95. The maximum Gasteiger partial charge on any atom is 0.271 e. The Hall–Kier alpha value is -2.18. The molecule has 0 unspecified atom stereocenters. The van der Waals surface area contributed by atoms with Gasteiger partial charge in [-0.3, -0.25) is 4.79 Å². The molecule has 3 N–H and O–H groups in total. The Morgan fingerprint density at radius 1 is 1.38 bits per heavy atom. The molecule has 0 radical (unpaired) electrons. The van der Waals surface area contributed by atoms with E-state index in [-0.39, 0.29) is 5.91 Å². The van der Waals surface area contributed by atoms with Gasteiger partial charge in [-0.15, -0.1) is 0 Å². The lowest BCUT2D eigenvalue weighted by atomic mass is 10.1. The minimum Gasteiger partial charge on any atom is -0.380 e. The highest BCUT2D eigenvalue weighted by atomic mass is 16.5. The largest absolute Gasteiger partial charge is 0.380 e. The number of aromatic nitrogens is 2. The molecule has 0 atom stereocenters. The second-order valence-corrected chi connectivity index (χ2v) is 4.67. The number of imidazole rings is 1. The highest BCUT2D eigenvalue weighted by Crippen LogP contribution is 2.10. The smallest absolute Gasteiger partial charge is 0.271 e. The number of carbonyl (C=O) groups excluding carboxylic acids is 1. The molecule has 0 aliphatic rings. The van der Waals surface area contributed by atoms with Gasteiger partial charge < -0.3 is 20.4 Å². The molecule has 6 nitrogen and oxygen atoms in total. The van der Waals surface area contributed by atoms with E-state index in [9.17, 15) is 4.79 Å². The molecule has 6 heteroatoms. The number of nitrogens with zero attached hydrogens (tertiary/aromatic N) is 2. The van der Waals surface area contributed by atoms with Gasteiger partial charge in [0, 0.05) is 32.9 Å². The van der Waals surface area contributed by atoms with Gasteiger partial charge in [-0.05, 0) is 11.1 Å². The molecule has 1 aromatic carbocycles. The quantitative estimate of drug-likeness (QED) is 0.793. The van der Waals surface area contributed by atoms with Crippen LogP contribution in [0.5, 0.6) is 0 Å². The van der Waals surface area contributed by atoms with E-state index in [1.165, 1.54) is 0 Å². The molecule has 112 valence electrons. The minimum atomic E-state index is -0.196. The molecule has 1 heterocycles. The van der Waals surface area contributed by atoms with Crippen LogP contribution in [0.15, 0.2) is 36.8 Å². The second kappa shape index (κ2) is 7.56. The Bertz CT molecular complexity index is 595. The summed E-state index contributed by atoms with van der Waals surface area (Å²) >= 11 is 0. The Balaban J connectivity index is 1.97. The first-order chi connectivity index (χ1) is 10.2. The molecular formula is C15H20N4O2. The third-order valence-corrected chi connectivity index (χ3v) is 3.11. The minimum absolute atomic E-state index is 0.196. The summed E-state index contributed by atoms with van der Waals surface area (Å²) in [6.45, 7) is 2.14. The summed E-state index contributed by atoms with van der Waals surface area (Å²) in [7, 11) is 1.65. The van der Waals surface area contributed by atoms with E-state index in [0.717, 1.165) is 11.1 Å². The normalized spacial score (nSPS) is 10.6. The number of hydrogen-bond acceptors (Lipinski definition) is 4. The van der Waals surface area contributed by atoms with Crippen molar-refractivity contribution in [2.24, 2.45) is 5.73 Å². The monoisotopic (exact) mass is 288 g/mol. The molecular weight excluding hydrogens is 268 g/mol. The van der Waals surface area contributed by atoms with Crippen molar-refractivity contribution in [1.82, 2.24) is 14.9 Å². The van der Waals surface area contributed by atoms with E-state index in [4.69, 9.17) is 10.5 Å². The van der Waals surface area contributed by atoms with Gasteiger partial charge in [0.25, 0.3) is 5.91 Å². The van der Waals surface area contributed by atoms with Crippen LogP contribution < -0.4 is 11.1 Å². The Morgan fingerprint density at radius 3 is 2.86 bits per heavy atom. The van der Waals surface area contributed by atoms with Crippen molar-refractivity contribution >= 4 is 5.91 Å². The number of nitrogens with two attached hydrogens (primary N) is 1. The van der Waals surface area contributed by atoms with Crippen LogP contribution in [0.2, 0.25) is 0 Å². The number of rotatable bonds is 7. The van der Waals surface area contributed by atoms with Gasteiger partial charge in [0.15, 0.2) is 0 Å². The molecule has 0 spiro atoms. The van der Waals surface area contributed by atoms with Crippen LogP contribution in [-0.2, 0) is 24.4 Å². The first-order valence-corrected chi connectivity index (χ1v) is 6.80. The van der Waals surface area contributed by atoms with E-state index < -0.39 is 0 Å². The zero-order valence-electron chi connectivity index (χ0n) is 12.1. The van der Waals surface area contributed by atoms with Crippen LogP contribution in [0, 0.1) is 0 Å². The molecule has 0 saturated heterocycles. The predicted molar refractivity (Wildman–Crippen MR) is 79.6 cm³/mol. The fraction of sp³-hybridized carbons (Fsp3) is 0.333. The molecule has 0 aliphatic heterocycles. The van der Waals surface area contributed by atoms with Crippen molar-refractivity contribution in [3.8, 4) is 0 Å². The first-order valence-electron chi connectivity index (χ1n) is 6.80. The fourth-order valence-electron chi connectivity index (χ4n) is 2.04. The lowest BCUT2D eigenvalue weighted by Crippen LogP contribution is -2.23. The summed E-state index contributed by atoms with van der Waals surface area (Å²) in [5, 5.41) is 2.87. The molecule has 0 saturated carbocycles. The summed E-state index contributed by atoms with van der Waals surface area (Å²) in [4.78, 5) is 16.1. The van der Waals surface area contributed by atoms with Gasteiger partial charge in [0.05, 0.1) is 12.9 Å². The van der Waals surface area contributed by atoms with Crippen LogP contribution >= 0.6 is 0 Å². The lowest BCUT2D eigenvalue weighted by molar-refractivity contribution is 0.0946. The number of benzene rings is 1. The highest BCUT2D eigenvalue weighted by molar-refractivity contribution is 5.91. The first kappa shape index (κ1) is 15.2. The van der Waals surface area contributed by atoms with Gasteiger partial charge in [-0.25, -0.2) is 4.98 Å². The zero-order valence-corrected chi connectivity index (χ0v) is 12.1. The van der Waals surface area contributed by atoms with Crippen LogP contribution in [0.4, 0.5) is 0 Å². The second-order valence-electron chi connectivity index (χ2n) is 4.67. The third kappa shape index (κ3) is 4.14. The molecule has 21 heavy (non-hydrogen) atoms. The van der Waals surface area contributed by atoms with Gasteiger partial charge >= 0.3 is 0 Å². The molecule has 1 aromatic heterocycles. The molecule has 2 aromatic rings. The summed E-state index contributed by atoms with van der Waals surface area (Å²) in [6.07, 6.45) is 3.31. The highest BCUT2D eigenvalue weighted by Gasteiger charge is 2.10. The van der Waals surface area contributed by atoms with Gasteiger partial charge in [-0.1, -0.05) is 24.3 Å². The van der Waals surface area contributed by atoms with Crippen molar-refractivity contribution in [3.05, 3.63) is 53.6 Å². The van der Waals surface area contributed by atoms with Gasteiger partial charge in [0.1, 0.15) is 5.69 Å². The molecule has 0 aliphatic carbocycles. The van der Waals surface area contributed by atoms with Crippen LogP contribution in [0.25, 0.3) is 0 Å². The molecule has 0 fully saturated rings. The topological polar surface area (TPSA) is 82.2 Å². The van der Waals surface area contributed by atoms with Crippen molar-refractivity contribution in [1.29, 1.82) is 0 Å². The van der Waals surface area contributed by atoms with E-state index in [0.29, 0.717) is 31.9 Å². The number of methoxy groups -OCH3 is 1. The van der Waals surface area contributed by atoms with E-state index >= 15 is 0 Å². The maximum atomic E-state index is 12.1. The number of nitrogens with one attached hydrogen (secondary N) is 1. The van der Waals surface area contributed by atoms with Crippen LogP contribution in [-0.4, -0.2) is 29.1 Å². The summed E-state index contributed by atoms with van der Waals surface area (Å²) in [5.74, 6) is -0.196. The van der Waals surface area contributed by atoms with Crippen molar-refractivity contribution in [3.63, 3.8) is 0 Å². The Labute approximate surface area is 123 Å². The average molecular weight is 288 g/mol. The predicted octanol–water partition coefficient (Wildman–Crippen LogP) is 0.918. The summed E-state index contributed by atoms with van der Waals surface area (Å²) in [5.41, 5.74) is 7.96. The van der Waals surface area contributed by atoms with E-state index in [1.54, 1.807) is 24.2 Å². The van der Waals surface area contributed by atoms with E-state index in [1.807, 2.05) is 24.3 Å². The zero-order chi connectivity index (χ0) is 15.1. The van der Waals surface area contributed by atoms with Crippen molar-refractivity contribution in [2.45, 2.75) is 19.7 Å². The lowest BCUT2D eigenvalue weighted by Gasteiger charge is -2.09. The third-order valence-electron chi connectivity index (χ3n) is 3.11. The SMILES string of the molecule is COCc1ccccc1CNC(=O)c1cn(CCN)cn1. The van der Waals surface area contributed by atoms with Crippen molar-refractivity contribution in [2.75, 3.05) is 13.7 Å². The van der Waals surface area contributed by atoms with Gasteiger partial charge in [-0.2, -0.15) is 0 Å². The Kier molecular flexibility index (Phi) is 5.48. The fourth-order valence-corrected chi connectivity index (χ4v) is 2.04. The molecule has 1 amide bonds. The maximum absolute atomic E-state index is 12.1. The standard InChI is InChI=1S/C15H20N4O2/c1-21-10-13-5-3-2-4-12(13)8-17-15(20)14-9-19(7-6-16)11-18-14/h2-5,9,11H,6-8,10,16H2,1H3,(H,17,20). The number of hydrogen-bond donors (Lipinski definition) is 2. The van der Waals surface area contributed by atoms with Crippen LogP contribution in [0.1, 0.15) is 21.6 Å². The summed E-state index contributed by atoms with van der Waals surface area (Å²) < 4.78 is 6.95. The number of carbonyl (C=O) groups is 1. The van der Waals surface area contributed by atoms with Crippen LogP contribution in [0.3, 0.4) is 0 Å². The van der Waals surface area contributed by atoms with Gasteiger partial charge in [0.2, 0.25) is 0 Å². The molecule has 0 bridgehead atoms. The van der Waals surface area contributed by atoms with E-state index in [2.05, 4.69) is 10.3 Å². The summed E-state index contributed by atoms with van der Waals surface area (Å²) in [6, 6.07) is 7.85. The Morgan fingerprint density at radius 2 is 2.14 bits per heavy atom.